The van der Waals surface area contributed by atoms with Crippen LogP contribution in [0.5, 0.6) is 0 Å². The van der Waals surface area contributed by atoms with E-state index in [1.807, 2.05) is 27.7 Å². The summed E-state index contributed by atoms with van der Waals surface area (Å²) >= 11 is 0. The summed E-state index contributed by atoms with van der Waals surface area (Å²) in [7, 11) is -1.89. The fourth-order valence-corrected chi connectivity index (χ4v) is 3.23. The molecule has 5 heteroatoms. The molecule has 1 aromatic carbocycles. The topological polar surface area (TPSA) is 57.6 Å². The van der Waals surface area contributed by atoms with Crippen molar-refractivity contribution in [3.63, 3.8) is 0 Å². The Morgan fingerprint density at radius 1 is 1.21 bits per heavy atom. The molecule has 108 valence electrons. The van der Waals surface area contributed by atoms with E-state index in [2.05, 4.69) is 0 Å². The van der Waals surface area contributed by atoms with Crippen LogP contribution >= 0.6 is 0 Å². The first-order valence-corrected chi connectivity index (χ1v) is 7.72. The maximum absolute atomic E-state index is 12.5. The SMILES string of the molecule is CC(N(C)S(=O)(=O)c1ccc(CO)cc1)C(C)(C)C. The van der Waals surface area contributed by atoms with Gasteiger partial charge < -0.3 is 5.11 Å². The summed E-state index contributed by atoms with van der Waals surface area (Å²) in [6.07, 6.45) is 0. The van der Waals surface area contributed by atoms with Gasteiger partial charge in [0, 0.05) is 13.1 Å². The van der Waals surface area contributed by atoms with E-state index in [0.717, 1.165) is 0 Å². The van der Waals surface area contributed by atoms with Gasteiger partial charge in [0.1, 0.15) is 0 Å². The fraction of sp³-hybridized carbons (Fsp3) is 0.571. The van der Waals surface area contributed by atoms with Gasteiger partial charge in [0.25, 0.3) is 0 Å². The van der Waals surface area contributed by atoms with Crippen LogP contribution in [-0.4, -0.2) is 30.9 Å². The van der Waals surface area contributed by atoms with Gasteiger partial charge in [-0.3, -0.25) is 0 Å². The Bertz CT molecular complexity index is 515. The first-order chi connectivity index (χ1) is 8.60. The van der Waals surface area contributed by atoms with Crippen LogP contribution in [0.3, 0.4) is 0 Å². The third kappa shape index (κ3) is 3.55. The maximum Gasteiger partial charge on any atom is 0.243 e. The summed E-state index contributed by atoms with van der Waals surface area (Å²) in [5, 5.41) is 8.98. The monoisotopic (exact) mass is 285 g/mol. The van der Waals surface area contributed by atoms with Crippen LogP contribution < -0.4 is 0 Å². The van der Waals surface area contributed by atoms with Crippen LogP contribution in [0.4, 0.5) is 0 Å². The van der Waals surface area contributed by atoms with E-state index < -0.39 is 10.0 Å². The molecule has 0 aliphatic heterocycles. The van der Waals surface area contributed by atoms with Gasteiger partial charge in [-0.15, -0.1) is 0 Å². The average molecular weight is 285 g/mol. The van der Waals surface area contributed by atoms with Crippen molar-refractivity contribution in [2.75, 3.05) is 7.05 Å². The van der Waals surface area contributed by atoms with Gasteiger partial charge in [-0.2, -0.15) is 4.31 Å². The molecule has 0 radical (unpaired) electrons. The highest BCUT2D eigenvalue weighted by molar-refractivity contribution is 7.89. The van der Waals surface area contributed by atoms with E-state index in [1.54, 1.807) is 19.2 Å². The van der Waals surface area contributed by atoms with Crippen LogP contribution in [0.1, 0.15) is 33.3 Å². The van der Waals surface area contributed by atoms with Gasteiger partial charge in [-0.05, 0) is 30.0 Å². The van der Waals surface area contributed by atoms with Crippen molar-refractivity contribution in [2.45, 2.75) is 45.2 Å². The third-order valence-corrected chi connectivity index (χ3v) is 5.52. The molecule has 0 amide bonds. The summed E-state index contributed by atoms with van der Waals surface area (Å²) in [4.78, 5) is 0.253. The molecule has 0 saturated carbocycles. The van der Waals surface area contributed by atoms with Crippen molar-refractivity contribution in [2.24, 2.45) is 5.41 Å². The molecule has 1 unspecified atom stereocenters. The van der Waals surface area contributed by atoms with Crippen LogP contribution in [0.15, 0.2) is 29.2 Å². The lowest BCUT2D eigenvalue weighted by molar-refractivity contribution is 0.216. The summed E-state index contributed by atoms with van der Waals surface area (Å²) in [6, 6.07) is 6.21. The molecule has 0 bridgehead atoms. The number of rotatable bonds is 4. The van der Waals surface area contributed by atoms with Crippen molar-refractivity contribution < 1.29 is 13.5 Å². The van der Waals surface area contributed by atoms with E-state index in [0.29, 0.717) is 5.56 Å². The second-order valence-corrected chi connectivity index (χ2v) is 7.86. The second kappa shape index (κ2) is 5.61. The molecule has 0 aromatic heterocycles. The van der Waals surface area contributed by atoms with Crippen molar-refractivity contribution in [3.05, 3.63) is 29.8 Å². The smallest absolute Gasteiger partial charge is 0.243 e. The lowest BCUT2D eigenvalue weighted by Crippen LogP contribution is -2.42. The summed E-state index contributed by atoms with van der Waals surface area (Å²) in [5.74, 6) is 0. The highest BCUT2D eigenvalue weighted by atomic mass is 32.2. The molecular weight excluding hydrogens is 262 g/mol. The number of aliphatic hydroxyl groups is 1. The molecule has 1 aromatic rings. The minimum Gasteiger partial charge on any atom is -0.392 e. The molecule has 4 nitrogen and oxygen atoms in total. The van der Waals surface area contributed by atoms with Gasteiger partial charge in [0.05, 0.1) is 11.5 Å². The van der Waals surface area contributed by atoms with Crippen LogP contribution in [0.25, 0.3) is 0 Å². The van der Waals surface area contributed by atoms with Gasteiger partial charge in [0.15, 0.2) is 0 Å². The van der Waals surface area contributed by atoms with E-state index in [9.17, 15) is 8.42 Å². The van der Waals surface area contributed by atoms with Crippen LogP contribution in [0, 0.1) is 5.41 Å². The fourth-order valence-electron chi connectivity index (χ4n) is 1.69. The summed E-state index contributed by atoms with van der Waals surface area (Å²) in [6.45, 7) is 7.85. The zero-order chi connectivity index (χ0) is 14.8. The first-order valence-electron chi connectivity index (χ1n) is 6.28. The maximum atomic E-state index is 12.5. The molecule has 0 fully saturated rings. The van der Waals surface area contributed by atoms with Crippen LogP contribution in [0.2, 0.25) is 0 Å². The highest BCUT2D eigenvalue weighted by Gasteiger charge is 2.32. The molecule has 1 rings (SSSR count). The lowest BCUT2D eigenvalue weighted by Gasteiger charge is -2.34. The van der Waals surface area contributed by atoms with E-state index in [4.69, 9.17) is 5.11 Å². The highest BCUT2D eigenvalue weighted by Crippen LogP contribution is 2.27. The lowest BCUT2D eigenvalue weighted by atomic mass is 9.88. The molecule has 19 heavy (non-hydrogen) atoms. The van der Waals surface area contributed by atoms with Gasteiger partial charge in [-0.25, -0.2) is 8.42 Å². The number of aliphatic hydroxyl groups excluding tert-OH is 1. The van der Waals surface area contributed by atoms with E-state index >= 15 is 0 Å². The average Bonchev–Trinajstić information content (AvgIpc) is 2.35. The number of nitrogens with zero attached hydrogens (tertiary/aromatic N) is 1. The molecule has 0 heterocycles. The molecule has 0 saturated heterocycles. The molecular formula is C14H23NO3S. The Labute approximate surface area is 116 Å². The van der Waals surface area contributed by atoms with Gasteiger partial charge >= 0.3 is 0 Å². The van der Waals surface area contributed by atoms with Gasteiger partial charge in [0.2, 0.25) is 10.0 Å². The summed E-state index contributed by atoms with van der Waals surface area (Å²) < 4.78 is 26.4. The van der Waals surface area contributed by atoms with Crippen molar-refractivity contribution >= 4 is 10.0 Å². The zero-order valence-corrected chi connectivity index (χ0v) is 13.0. The molecule has 0 aliphatic carbocycles. The quantitative estimate of drug-likeness (QED) is 0.923. The van der Waals surface area contributed by atoms with Crippen molar-refractivity contribution in [1.82, 2.24) is 4.31 Å². The Kier molecular flexibility index (Phi) is 4.76. The number of hydrogen-bond acceptors (Lipinski definition) is 3. The van der Waals surface area contributed by atoms with E-state index in [1.165, 1.54) is 16.4 Å². The standard InChI is InChI=1S/C14H23NO3S/c1-11(14(2,3)4)15(5)19(17,18)13-8-6-12(10-16)7-9-13/h6-9,11,16H,10H2,1-5H3. The Morgan fingerprint density at radius 2 is 1.68 bits per heavy atom. The second-order valence-electron chi connectivity index (χ2n) is 5.87. The minimum atomic E-state index is -3.49. The molecule has 0 aliphatic rings. The normalized spacial score (nSPS) is 14.7. The zero-order valence-electron chi connectivity index (χ0n) is 12.2. The number of hydrogen-bond donors (Lipinski definition) is 1. The minimum absolute atomic E-state index is 0.0887. The number of benzene rings is 1. The van der Waals surface area contributed by atoms with Crippen molar-refractivity contribution in [1.29, 1.82) is 0 Å². The Hall–Kier alpha value is -0.910. The summed E-state index contributed by atoms with van der Waals surface area (Å²) in [5.41, 5.74) is 0.567. The van der Waals surface area contributed by atoms with Crippen LogP contribution in [-0.2, 0) is 16.6 Å². The predicted molar refractivity (Wildman–Crippen MR) is 76.2 cm³/mol. The number of sulfonamides is 1. The largest absolute Gasteiger partial charge is 0.392 e. The molecule has 0 spiro atoms. The van der Waals surface area contributed by atoms with Gasteiger partial charge in [-0.1, -0.05) is 32.9 Å². The molecule has 1 N–H and O–H groups in total. The van der Waals surface area contributed by atoms with E-state index in [-0.39, 0.29) is 23.0 Å². The molecule has 1 atom stereocenters. The van der Waals surface area contributed by atoms with Crippen molar-refractivity contribution in [3.8, 4) is 0 Å². The first kappa shape index (κ1) is 16.1. The predicted octanol–water partition coefficient (Wildman–Crippen LogP) is 2.23. The Morgan fingerprint density at radius 3 is 2.05 bits per heavy atom. The Balaban J connectivity index is 3.09. The third-order valence-electron chi connectivity index (χ3n) is 3.58.